The number of nitrogens with one attached hydrogen (secondary N) is 4. The summed E-state index contributed by atoms with van der Waals surface area (Å²) < 4.78 is 60.3. The minimum absolute atomic E-state index is 0.0245. The largest absolute Gasteiger partial charge is 0.506 e. The Morgan fingerprint density at radius 3 is 2.55 bits per heavy atom. The molecule has 6 amide bonds. The molecule has 21 nitrogen and oxygen atoms in total. The molecule has 1 unspecified atom stereocenters. The number of amides is 6. The molecule has 4 heterocycles. The Hall–Kier alpha value is -6.72. The Labute approximate surface area is 340 Å². The van der Waals surface area contributed by atoms with Crippen molar-refractivity contribution in [2.24, 2.45) is 0 Å². The van der Waals surface area contributed by atoms with Gasteiger partial charge in [0.05, 0.1) is 63.4 Å². The second-order valence-corrected chi connectivity index (χ2v) is 15.2. The molecule has 3 aromatic carbocycles. The average molecular weight is 852 g/mol. The maximum absolute atomic E-state index is 15.4. The van der Waals surface area contributed by atoms with Crippen LogP contribution >= 0.6 is 0 Å². The molecular formula is C37H38FN9O12S. The van der Waals surface area contributed by atoms with Crippen LogP contribution in [0, 0.1) is 5.82 Å². The Kier molecular flexibility index (Phi) is 12.2. The van der Waals surface area contributed by atoms with Crippen LogP contribution in [0.2, 0.25) is 0 Å². The number of imide groups is 2. The Morgan fingerprint density at radius 2 is 1.78 bits per heavy atom. The summed E-state index contributed by atoms with van der Waals surface area (Å²) in [6.45, 7) is 0.982. The third-order valence-corrected chi connectivity index (χ3v) is 11.0. The number of fused-ring (bicyclic) bond motifs is 2. The summed E-state index contributed by atoms with van der Waals surface area (Å²) in [6.07, 6.45) is 1.85. The van der Waals surface area contributed by atoms with E-state index in [0.29, 0.717) is 28.8 Å². The first-order chi connectivity index (χ1) is 28.8. The fraction of sp³-hybridized carbons (Fsp3) is 0.351. The van der Waals surface area contributed by atoms with Crippen LogP contribution in [0.5, 0.6) is 11.5 Å². The van der Waals surface area contributed by atoms with E-state index in [-0.39, 0.29) is 92.3 Å². The van der Waals surface area contributed by atoms with E-state index in [1.165, 1.54) is 30.3 Å². The summed E-state index contributed by atoms with van der Waals surface area (Å²) in [5.74, 6) is -5.00. The van der Waals surface area contributed by atoms with Gasteiger partial charge in [0.15, 0.2) is 5.82 Å². The molecule has 0 aliphatic carbocycles. The lowest BCUT2D eigenvalue weighted by Gasteiger charge is -2.27. The molecule has 0 bridgehead atoms. The third kappa shape index (κ3) is 8.96. The van der Waals surface area contributed by atoms with Gasteiger partial charge >= 0.3 is 10.2 Å². The van der Waals surface area contributed by atoms with Crippen molar-refractivity contribution in [3.05, 3.63) is 71.3 Å². The van der Waals surface area contributed by atoms with Crippen molar-refractivity contribution in [3.8, 4) is 11.5 Å². The summed E-state index contributed by atoms with van der Waals surface area (Å²) in [7, 11) is -4.36. The van der Waals surface area contributed by atoms with Crippen LogP contribution in [-0.4, -0.2) is 121 Å². The molecule has 2 fully saturated rings. The van der Waals surface area contributed by atoms with E-state index >= 15 is 4.39 Å². The Balaban J connectivity index is 0.762. The molecule has 0 spiro atoms. The lowest BCUT2D eigenvalue weighted by atomic mass is 10.0. The second kappa shape index (κ2) is 17.6. The SMILES string of the molecule is O=C(CCOCCOCCn1cc(CNc2cccc3c2C(=O)N(C2CCC(=O)NC2=O)C3=O)nn1)NCCOc1ccc2cc(O)c(N3CC(=O)NS3(=O)=O)c(F)c2c1. The topological polar surface area (TPSA) is 270 Å². The molecule has 60 heavy (non-hydrogen) atoms. The predicted molar refractivity (Wildman–Crippen MR) is 205 cm³/mol. The highest BCUT2D eigenvalue weighted by Crippen LogP contribution is 2.39. The third-order valence-electron chi connectivity index (χ3n) is 9.59. The number of ether oxygens (including phenoxy) is 3. The number of phenols is 1. The lowest BCUT2D eigenvalue weighted by Crippen LogP contribution is -2.54. The highest BCUT2D eigenvalue weighted by atomic mass is 32.2. The monoisotopic (exact) mass is 851 g/mol. The van der Waals surface area contributed by atoms with Crippen LogP contribution in [0.25, 0.3) is 10.8 Å². The van der Waals surface area contributed by atoms with Gasteiger partial charge in [-0.05, 0) is 42.1 Å². The van der Waals surface area contributed by atoms with Gasteiger partial charge in [-0.3, -0.25) is 39.0 Å². The standard InChI is InChI=1S/C37H38FN9O12S/c38-33-25-17-23(5-4-21(25)16-28(48)34(33)46-20-31(51)43-60(46,55)56)59-12-9-39-29(49)8-11-57-14-15-58-13-10-45-19-22(42-44-45)18-40-26-3-1-2-24-32(26)37(54)47(36(24)53)27-6-7-30(50)41-35(27)52/h1-5,16-17,19,27,40,48H,6-15,18,20H2,(H,39,49)(H,43,51)(H,41,50,52). The van der Waals surface area contributed by atoms with Crippen LogP contribution in [0.3, 0.4) is 0 Å². The number of nitrogens with zero attached hydrogens (tertiary/aromatic N) is 5. The molecule has 0 saturated carbocycles. The second-order valence-electron chi connectivity index (χ2n) is 13.7. The fourth-order valence-electron chi connectivity index (χ4n) is 6.75. The summed E-state index contributed by atoms with van der Waals surface area (Å²) >= 11 is 0. The van der Waals surface area contributed by atoms with Crippen molar-refractivity contribution in [2.75, 3.05) is 55.7 Å². The molecule has 23 heteroatoms. The number of benzene rings is 3. The summed E-state index contributed by atoms with van der Waals surface area (Å²) in [4.78, 5) is 75.1. The Bertz CT molecular complexity index is 2500. The fourth-order valence-corrected chi connectivity index (χ4v) is 7.91. The quantitative estimate of drug-likeness (QED) is 0.0656. The van der Waals surface area contributed by atoms with Crippen LogP contribution in [0.4, 0.5) is 15.8 Å². The number of rotatable bonds is 18. The van der Waals surface area contributed by atoms with E-state index in [9.17, 15) is 42.3 Å². The van der Waals surface area contributed by atoms with Crippen LogP contribution in [0.15, 0.2) is 48.7 Å². The van der Waals surface area contributed by atoms with E-state index < -0.39 is 69.6 Å². The Morgan fingerprint density at radius 1 is 0.983 bits per heavy atom. The van der Waals surface area contributed by atoms with Crippen molar-refractivity contribution >= 4 is 67.8 Å². The summed E-state index contributed by atoms with van der Waals surface area (Å²) in [5, 5.41) is 26.7. The zero-order chi connectivity index (χ0) is 42.6. The normalized spacial score (nSPS) is 17.2. The van der Waals surface area contributed by atoms with Gasteiger partial charge in [-0.1, -0.05) is 17.3 Å². The van der Waals surface area contributed by atoms with Gasteiger partial charge in [0.25, 0.3) is 17.7 Å². The molecule has 1 aromatic heterocycles. The van der Waals surface area contributed by atoms with E-state index in [1.807, 2.05) is 0 Å². The van der Waals surface area contributed by atoms with E-state index in [4.69, 9.17) is 14.2 Å². The molecule has 5 N–H and O–H groups in total. The average Bonchev–Trinajstić information content (AvgIpc) is 3.86. The van der Waals surface area contributed by atoms with Gasteiger partial charge in [0.1, 0.15) is 42.1 Å². The maximum atomic E-state index is 15.4. The van der Waals surface area contributed by atoms with Gasteiger partial charge < -0.3 is 30.0 Å². The van der Waals surface area contributed by atoms with Gasteiger partial charge in [0, 0.05) is 23.9 Å². The van der Waals surface area contributed by atoms with Gasteiger partial charge in [0.2, 0.25) is 17.7 Å². The molecular weight excluding hydrogens is 814 g/mol. The molecule has 2 saturated heterocycles. The number of hydrogen-bond acceptors (Lipinski definition) is 15. The highest BCUT2D eigenvalue weighted by Gasteiger charge is 2.45. The van der Waals surface area contributed by atoms with Crippen molar-refractivity contribution in [3.63, 3.8) is 0 Å². The molecule has 0 radical (unpaired) electrons. The molecule has 3 aliphatic rings. The number of aromatic hydroxyl groups is 1. The number of halogens is 1. The van der Waals surface area contributed by atoms with Crippen LogP contribution < -0.4 is 29.7 Å². The van der Waals surface area contributed by atoms with Crippen molar-refractivity contribution in [2.45, 2.75) is 38.4 Å². The van der Waals surface area contributed by atoms with Gasteiger partial charge in [-0.15, -0.1) is 5.10 Å². The van der Waals surface area contributed by atoms with Crippen LogP contribution in [0.1, 0.15) is 45.7 Å². The van der Waals surface area contributed by atoms with Crippen molar-refractivity contribution in [1.29, 1.82) is 0 Å². The number of phenolic OH excluding ortho intramolecular Hbond substituents is 1. The smallest absolute Gasteiger partial charge is 0.326 e. The first kappa shape index (κ1) is 41.4. The lowest BCUT2D eigenvalue weighted by molar-refractivity contribution is -0.136. The zero-order valence-corrected chi connectivity index (χ0v) is 32.5. The molecule has 1 atom stereocenters. The zero-order valence-electron chi connectivity index (χ0n) is 31.6. The molecule has 316 valence electrons. The van der Waals surface area contributed by atoms with E-state index in [2.05, 4.69) is 26.3 Å². The first-order valence-electron chi connectivity index (χ1n) is 18.6. The number of piperidine rings is 1. The molecule has 3 aliphatic heterocycles. The predicted octanol–water partition coefficient (Wildman–Crippen LogP) is 0.0888. The number of carbonyl (C=O) groups excluding carboxylic acids is 6. The van der Waals surface area contributed by atoms with Gasteiger partial charge in [-0.25, -0.2) is 18.1 Å². The van der Waals surface area contributed by atoms with E-state index in [1.54, 1.807) is 27.7 Å². The number of carbonyl (C=O) groups is 6. The number of anilines is 2. The minimum atomic E-state index is -4.36. The number of hydrogen-bond donors (Lipinski definition) is 5. The minimum Gasteiger partial charge on any atom is -0.506 e. The van der Waals surface area contributed by atoms with Crippen molar-refractivity contribution < 1.29 is 60.9 Å². The van der Waals surface area contributed by atoms with Crippen molar-refractivity contribution in [1.82, 2.24) is 35.2 Å². The maximum Gasteiger partial charge on any atom is 0.326 e. The van der Waals surface area contributed by atoms with Crippen LogP contribution in [-0.2, 0) is 52.0 Å². The molecule has 7 rings (SSSR count). The number of aromatic nitrogens is 3. The summed E-state index contributed by atoms with van der Waals surface area (Å²) in [5.41, 5.74) is 0.580. The van der Waals surface area contributed by atoms with E-state index in [0.717, 1.165) is 4.90 Å². The highest BCUT2D eigenvalue weighted by molar-refractivity contribution is 7.92. The molecule has 4 aromatic rings. The first-order valence-corrected chi connectivity index (χ1v) is 20.1. The van der Waals surface area contributed by atoms with Gasteiger partial charge in [-0.2, -0.15) is 8.42 Å². The summed E-state index contributed by atoms with van der Waals surface area (Å²) in [6, 6.07) is 9.21.